The first-order valence-electron chi connectivity index (χ1n) is 6.18. The van der Waals surface area contributed by atoms with Crippen LogP contribution in [0.5, 0.6) is 0 Å². The lowest BCUT2D eigenvalue weighted by Crippen LogP contribution is -2.26. The smallest absolute Gasteiger partial charge is 0.136 e. The first-order chi connectivity index (χ1) is 8.33. The molecule has 0 saturated heterocycles. The van der Waals surface area contributed by atoms with Crippen molar-refractivity contribution in [3.63, 3.8) is 0 Å². The Bertz CT molecular complexity index is 514. The van der Waals surface area contributed by atoms with Crippen LogP contribution in [0.25, 0.3) is 11.0 Å². The highest BCUT2D eigenvalue weighted by Crippen LogP contribution is 2.45. The molecule has 1 fully saturated rings. The number of hydrogen-bond acceptors (Lipinski definition) is 3. The molecule has 1 aliphatic carbocycles. The summed E-state index contributed by atoms with van der Waals surface area (Å²) in [5.41, 5.74) is 2.53. The Morgan fingerprint density at radius 1 is 1.24 bits per heavy atom. The van der Waals surface area contributed by atoms with Gasteiger partial charge in [0.15, 0.2) is 0 Å². The Balaban J connectivity index is 1.73. The Morgan fingerprint density at radius 3 is 2.82 bits per heavy atom. The summed E-state index contributed by atoms with van der Waals surface area (Å²) in [5, 5.41) is 7.97. The van der Waals surface area contributed by atoms with Crippen LogP contribution < -0.4 is 10.6 Å². The van der Waals surface area contributed by atoms with Gasteiger partial charge < -0.3 is 15.1 Å². The number of nitrogens with one attached hydrogen (secondary N) is 2. The van der Waals surface area contributed by atoms with Crippen LogP contribution in [0.2, 0.25) is 0 Å². The van der Waals surface area contributed by atoms with E-state index in [0.29, 0.717) is 5.41 Å². The van der Waals surface area contributed by atoms with Gasteiger partial charge in [-0.25, -0.2) is 0 Å². The third-order valence-electron chi connectivity index (χ3n) is 3.64. The van der Waals surface area contributed by atoms with E-state index in [1.54, 1.807) is 0 Å². The first-order valence-corrected chi connectivity index (χ1v) is 6.18. The number of hydrogen-bond donors (Lipinski definition) is 2. The molecule has 0 amide bonds. The van der Waals surface area contributed by atoms with E-state index in [1.807, 2.05) is 31.5 Å². The van der Waals surface area contributed by atoms with Crippen molar-refractivity contribution in [3.8, 4) is 0 Å². The monoisotopic (exact) mass is 230 g/mol. The third kappa shape index (κ3) is 2.03. The fourth-order valence-corrected chi connectivity index (χ4v) is 2.37. The Morgan fingerprint density at radius 2 is 2.06 bits per heavy atom. The zero-order chi connectivity index (χ0) is 11.7. The predicted molar refractivity (Wildman–Crippen MR) is 70.3 cm³/mol. The van der Waals surface area contributed by atoms with Crippen molar-refractivity contribution in [2.24, 2.45) is 5.41 Å². The minimum absolute atomic E-state index is 0.465. The molecule has 0 spiro atoms. The van der Waals surface area contributed by atoms with E-state index in [2.05, 4.69) is 16.7 Å². The number of benzene rings is 1. The summed E-state index contributed by atoms with van der Waals surface area (Å²) in [5.74, 6) is 0. The largest absolute Gasteiger partial charge is 0.462 e. The normalized spacial score (nSPS) is 17.2. The van der Waals surface area contributed by atoms with Crippen LogP contribution in [0.4, 0.5) is 5.69 Å². The standard InChI is InChI=1S/C14H18N2O/c1-15-9-14(6-7-14)10-16-12-8-17-13-5-3-2-4-11(12)13/h2-5,8,15-16H,6-7,9-10H2,1H3. The summed E-state index contributed by atoms with van der Waals surface area (Å²) >= 11 is 0. The summed E-state index contributed by atoms with van der Waals surface area (Å²) in [6.07, 6.45) is 4.45. The second-order valence-electron chi connectivity index (χ2n) is 5.03. The highest BCUT2D eigenvalue weighted by atomic mass is 16.3. The molecule has 0 bridgehead atoms. The highest BCUT2D eigenvalue weighted by Gasteiger charge is 2.41. The molecule has 1 heterocycles. The van der Waals surface area contributed by atoms with Crippen LogP contribution in [0, 0.1) is 5.41 Å². The molecule has 1 saturated carbocycles. The molecule has 3 heteroatoms. The van der Waals surface area contributed by atoms with Gasteiger partial charge in [0, 0.05) is 23.9 Å². The van der Waals surface area contributed by atoms with Crippen LogP contribution in [0.3, 0.4) is 0 Å². The first kappa shape index (κ1) is 10.7. The average molecular weight is 230 g/mol. The molecule has 2 aromatic rings. The number of furan rings is 1. The lowest BCUT2D eigenvalue weighted by Gasteiger charge is -2.15. The molecule has 0 radical (unpaired) electrons. The minimum Gasteiger partial charge on any atom is -0.462 e. The molecule has 1 aromatic heterocycles. The Labute approximate surface area is 101 Å². The van der Waals surface area contributed by atoms with Crippen LogP contribution in [-0.4, -0.2) is 20.1 Å². The van der Waals surface area contributed by atoms with E-state index >= 15 is 0 Å². The summed E-state index contributed by atoms with van der Waals surface area (Å²) in [7, 11) is 2.02. The molecule has 17 heavy (non-hydrogen) atoms. The van der Waals surface area contributed by atoms with Crippen molar-refractivity contribution >= 4 is 16.7 Å². The molecule has 3 rings (SSSR count). The minimum atomic E-state index is 0.465. The SMILES string of the molecule is CNCC1(CNc2coc3ccccc23)CC1. The number of para-hydroxylation sites is 1. The van der Waals surface area contributed by atoms with Crippen LogP contribution in [-0.2, 0) is 0 Å². The molecule has 1 aromatic carbocycles. The highest BCUT2D eigenvalue weighted by molar-refractivity contribution is 5.90. The quantitative estimate of drug-likeness (QED) is 0.829. The van der Waals surface area contributed by atoms with E-state index in [4.69, 9.17) is 4.42 Å². The summed E-state index contributed by atoms with van der Waals surface area (Å²) in [6.45, 7) is 2.12. The molecule has 3 nitrogen and oxygen atoms in total. The van der Waals surface area contributed by atoms with Gasteiger partial charge in [0.05, 0.1) is 5.69 Å². The maximum atomic E-state index is 5.52. The van der Waals surface area contributed by atoms with Gasteiger partial charge in [-0.1, -0.05) is 12.1 Å². The van der Waals surface area contributed by atoms with Crippen molar-refractivity contribution in [1.29, 1.82) is 0 Å². The second-order valence-corrected chi connectivity index (χ2v) is 5.03. The third-order valence-corrected chi connectivity index (χ3v) is 3.64. The molecular weight excluding hydrogens is 212 g/mol. The zero-order valence-corrected chi connectivity index (χ0v) is 10.1. The van der Waals surface area contributed by atoms with Gasteiger partial charge in [-0.2, -0.15) is 0 Å². The lowest BCUT2D eigenvalue weighted by molar-refractivity contribution is 0.506. The number of fused-ring (bicyclic) bond motifs is 1. The Hall–Kier alpha value is -1.48. The maximum Gasteiger partial charge on any atom is 0.136 e. The van der Waals surface area contributed by atoms with Crippen molar-refractivity contribution in [2.45, 2.75) is 12.8 Å². The fourth-order valence-electron chi connectivity index (χ4n) is 2.37. The van der Waals surface area contributed by atoms with E-state index < -0.39 is 0 Å². The fraction of sp³-hybridized carbons (Fsp3) is 0.429. The van der Waals surface area contributed by atoms with E-state index in [9.17, 15) is 0 Å². The van der Waals surface area contributed by atoms with Gasteiger partial charge in [-0.3, -0.25) is 0 Å². The topological polar surface area (TPSA) is 37.2 Å². The number of anilines is 1. The van der Waals surface area contributed by atoms with Crippen molar-refractivity contribution in [3.05, 3.63) is 30.5 Å². The molecule has 90 valence electrons. The van der Waals surface area contributed by atoms with E-state index in [0.717, 1.165) is 24.4 Å². The average Bonchev–Trinajstić information content (AvgIpc) is 3.00. The molecule has 2 N–H and O–H groups in total. The van der Waals surface area contributed by atoms with Crippen LogP contribution >= 0.6 is 0 Å². The van der Waals surface area contributed by atoms with Crippen molar-refractivity contribution < 1.29 is 4.42 Å². The van der Waals surface area contributed by atoms with Gasteiger partial charge >= 0.3 is 0 Å². The summed E-state index contributed by atoms with van der Waals surface area (Å²) < 4.78 is 5.52. The van der Waals surface area contributed by atoms with Crippen molar-refractivity contribution in [2.75, 3.05) is 25.5 Å². The number of rotatable bonds is 5. The Kier molecular flexibility index (Phi) is 2.56. The molecule has 1 aliphatic rings. The predicted octanol–water partition coefficient (Wildman–Crippen LogP) is 2.84. The lowest BCUT2D eigenvalue weighted by atomic mass is 10.1. The van der Waals surface area contributed by atoms with Gasteiger partial charge in [0.2, 0.25) is 0 Å². The summed E-state index contributed by atoms with van der Waals surface area (Å²) in [4.78, 5) is 0. The van der Waals surface area contributed by atoms with Gasteiger partial charge in [-0.15, -0.1) is 0 Å². The summed E-state index contributed by atoms with van der Waals surface area (Å²) in [6, 6.07) is 8.14. The molecule has 0 unspecified atom stereocenters. The van der Waals surface area contributed by atoms with E-state index in [-0.39, 0.29) is 0 Å². The molecule has 0 atom stereocenters. The van der Waals surface area contributed by atoms with E-state index in [1.165, 1.54) is 18.2 Å². The second kappa shape index (κ2) is 4.08. The van der Waals surface area contributed by atoms with Gasteiger partial charge in [-0.05, 0) is 32.0 Å². The zero-order valence-electron chi connectivity index (χ0n) is 10.1. The van der Waals surface area contributed by atoms with Crippen LogP contribution in [0.1, 0.15) is 12.8 Å². The van der Waals surface area contributed by atoms with Crippen molar-refractivity contribution in [1.82, 2.24) is 5.32 Å². The van der Waals surface area contributed by atoms with Gasteiger partial charge in [0.25, 0.3) is 0 Å². The van der Waals surface area contributed by atoms with Crippen LogP contribution in [0.15, 0.2) is 34.9 Å². The molecule has 0 aliphatic heterocycles. The molecular formula is C14H18N2O. The van der Waals surface area contributed by atoms with Gasteiger partial charge in [0.1, 0.15) is 11.8 Å². The maximum absolute atomic E-state index is 5.52.